The predicted molar refractivity (Wildman–Crippen MR) is 87.6 cm³/mol. The molecule has 0 aliphatic rings. The summed E-state index contributed by atoms with van der Waals surface area (Å²) in [4.78, 5) is 27.3. The quantitative estimate of drug-likeness (QED) is 0.556. The lowest BCUT2D eigenvalue weighted by Gasteiger charge is -2.07. The Morgan fingerprint density at radius 2 is 1.92 bits per heavy atom. The van der Waals surface area contributed by atoms with Crippen LogP contribution in [0.5, 0.6) is 11.5 Å². The number of esters is 1. The van der Waals surface area contributed by atoms with E-state index < -0.39 is 12.6 Å². The van der Waals surface area contributed by atoms with Crippen molar-refractivity contribution in [2.75, 3.05) is 13.7 Å². The van der Waals surface area contributed by atoms with Crippen LogP contribution in [-0.2, 0) is 4.74 Å². The summed E-state index contributed by atoms with van der Waals surface area (Å²) in [6.45, 7) is -0.419. The van der Waals surface area contributed by atoms with Crippen LogP contribution in [-0.4, -0.2) is 35.6 Å². The molecule has 122 valence electrons. The van der Waals surface area contributed by atoms with Gasteiger partial charge in [0.05, 0.1) is 7.11 Å². The fourth-order valence-corrected chi connectivity index (χ4v) is 2.39. The van der Waals surface area contributed by atoms with Gasteiger partial charge in [-0.25, -0.2) is 4.79 Å². The van der Waals surface area contributed by atoms with E-state index >= 15 is 0 Å². The van der Waals surface area contributed by atoms with Crippen LogP contribution in [0.25, 0.3) is 10.9 Å². The molecule has 0 radical (unpaired) electrons. The number of aromatic hydroxyl groups is 1. The molecule has 0 saturated heterocycles. The van der Waals surface area contributed by atoms with Gasteiger partial charge in [0.1, 0.15) is 17.1 Å². The van der Waals surface area contributed by atoms with Gasteiger partial charge in [-0.15, -0.1) is 0 Å². The zero-order valence-corrected chi connectivity index (χ0v) is 12.9. The monoisotopic (exact) mass is 325 g/mol. The van der Waals surface area contributed by atoms with Crippen LogP contribution in [0.2, 0.25) is 0 Å². The van der Waals surface area contributed by atoms with Crippen LogP contribution in [0, 0.1) is 0 Å². The highest BCUT2D eigenvalue weighted by Crippen LogP contribution is 2.24. The summed E-state index contributed by atoms with van der Waals surface area (Å²) in [5.41, 5.74) is 1.23. The summed E-state index contributed by atoms with van der Waals surface area (Å²) >= 11 is 0. The second kappa shape index (κ2) is 6.45. The van der Waals surface area contributed by atoms with Crippen molar-refractivity contribution >= 4 is 22.7 Å². The normalized spacial score (nSPS) is 10.5. The summed E-state index contributed by atoms with van der Waals surface area (Å²) in [5.74, 6) is -0.953. The van der Waals surface area contributed by atoms with E-state index in [1.807, 2.05) is 24.3 Å². The Morgan fingerprint density at radius 3 is 2.71 bits per heavy atom. The predicted octanol–water partition coefficient (Wildman–Crippen LogP) is 2.92. The van der Waals surface area contributed by atoms with E-state index in [0.717, 1.165) is 10.9 Å². The minimum atomic E-state index is -0.792. The van der Waals surface area contributed by atoms with Gasteiger partial charge in [-0.3, -0.25) is 4.79 Å². The number of para-hydroxylation sites is 1. The minimum Gasteiger partial charge on any atom is -0.507 e. The van der Waals surface area contributed by atoms with Gasteiger partial charge >= 0.3 is 5.97 Å². The van der Waals surface area contributed by atoms with Gasteiger partial charge in [-0.1, -0.05) is 18.2 Å². The fourth-order valence-electron chi connectivity index (χ4n) is 2.39. The number of Topliss-reactive ketones (excluding diaryl/α,β-unsaturated/α-hetero) is 1. The molecule has 0 fully saturated rings. The minimum absolute atomic E-state index is 0.0546. The number of phenols is 1. The number of rotatable bonds is 5. The number of ether oxygens (including phenoxy) is 2. The lowest BCUT2D eigenvalue weighted by molar-refractivity contribution is 0.0472. The van der Waals surface area contributed by atoms with E-state index in [9.17, 15) is 14.7 Å². The van der Waals surface area contributed by atoms with Crippen molar-refractivity contribution in [2.45, 2.75) is 0 Å². The molecule has 0 atom stereocenters. The molecule has 0 bridgehead atoms. The molecular formula is C18H15NO5. The number of carbonyl (C=O) groups is 2. The molecule has 0 amide bonds. The van der Waals surface area contributed by atoms with E-state index in [1.165, 1.54) is 25.3 Å². The number of methoxy groups -OCH3 is 1. The molecule has 6 heteroatoms. The van der Waals surface area contributed by atoms with E-state index in [2.05, 4.69) is 4.98 Å². The average molecular weight is 325 g/mol. The summed E-state index contributed by atoms with van der Waals surface area (Å²) in [6, 6.07) is 11.6. The van der Waals surface area contributed by atoms with Gasteiger partial charge in [0.25, 0.3) is 0 Å². The second-order valence-electron chi connectivity index (χ2n) is 5.13. The van der Waals surface area contributed by atoms with Crippen LogP contribution in [0.1, 0.15) is 20.7 Å². The lowest BCUT2D eigenvalue weighted by Crippen LogP contribution is -2.14. The molecule has 0 aliphatic heterocycles. The fraction of sp³-hybridized carbons (Fsp3) is 0.111. The van der Waals surface area contributed by atoms with Gasteiger partial charge in [-0.2, -0.15) is 0 Å². The number of aromatic nitrogens is 1. The molecule has 6 nitrogen and oxygen atoms in total. The number of H-pyrrole nitrogens is 1. The molecular weight excluding hydrogens is 310 g/mol. The Morgan fingerprint density at radius 1 is 1.12 bits per heavy atom. The molecule has 0 spiro atoms. The van der Waals surface area contributed by atoms with Crippen LogP contribution >= 0.6 is 0 Å². The number of carbonyl (C=O) groups excluding carboxylic acids is 2. The van der Waals surface area contributed by atoms with Crippen LogP contribution in [0.4, 0.5) is 0 Å². The number of hydrogen-bond acceptors (Lipinski definition) is 5. The summed E-state index contributed by atoms with van der Waals surface area (Å²) in [7, 11) is 1.45. The Balaban J connectivity index is 1.73. The molecule has 2 aromatic carbocycles. The smallest absolute Gasteiger partial charge is 0.342 e. The molecule has 3 rings (SSSR count). The Labute approximate surface area is 137 Å². The Bertz CT molecular complexity index is 913. The van der Waals surface area contributed by atoms with Crippen LogP contribution in [0.3, 0.4) is 0 Å². The van der Waals surface area contributed by atoms with Crippen molar-refractivity contribution in [1.82, 2.24) is 4.98 Å². The van der Waals surface area contributed by atoms with Crippen molar-refractivity contribution in [1.29, 1.82) is 0 Å². The topological polar surface area (TPSA) is 88.6 Å². The van der Waals surface area contributed by atoms with Gasteiger partial charge < -0.3 is 19.6 Å². The zero-order chi connectivity index (χ0) is 17.1. The van der Waals surface area contributed by atoms with E-state index in [1.54, 1.807) is 6.20 Å². The Kier molecular flexibility index (Phi) is 4.20. The number of hydrogen-bond donors (Lipinski definition) is 2. The third-order valence-electron chi connectivity index (χ3n) is 3.65. The first-order valence-electron chi connectivity index (χ1n) is 7.23. The molecule has 0 saturated carbocycles. The van der Waals surface area contributed by atoms with Crippen molar-refractivity contribution in [3.8, 4) is 11.5 Å². The number of nitrogens with one attached hydrogen (secondary N) is 1. The second-order valence-corrected chi connectivity index (χ2v) is 5.13. The molecule has 0 aliphatic carbocycles. The number of benzene rings is 2. The average Bonchev–Trinajstić information content (AvgIpc) is 3.04. The molecule has 2 N–H and O–H groups in total. The molecule has 3 aromatic rings. The first-order valence-corrected chi connectivity index (χ1v) is 7.23. The van der Waals surface area contributed by atoms with Gasteiger partial charge in [0.2, 0.25) is 5.78 Å². The highest BCUT2D eigenvalue weighted by Gasteiger charge is 2.18. The summed E-state index contributed by atoms with van der Waals surface area (Å²) in [6.07, 6.45) is 1.59. The van der Waals surface area contributed by atoms with Crippen LogP contribution < -0.4 is 4.74 Å². The van der Waals surface area contributed by atoms with E-state index in [4.69, 9.17) is 9.47 Å². The third kappa shape index (κ3) is 2.94. The number of phenolic OH excluding ortho intramolecular Hbond substituents is 1. The molecule has 1 aromatic heterocycles. The van der Waals surface area contributed by atoms with Gasteiger partial charge in [0, 0.05) is 22.7 Å². The van der Waals surface area contributed by atoms with Gasteiger partial charge in [-0.05, 0) is 24.3 Å². The molecule has 0 unspecified atom stereocenters. The maximum Gasteiger partial charge on any atom is 0.342 e. The SMILES string of the molecule is COc1ccc(O)c(C(=O)OCC(=O)c2c[nH]c3ccccc23)c1. The highest BCUT2D eigenvalue weighted by atomic mass is 16.5. The molecule has 1 heterocycles. The first-order chi connectivity index (χ1) is 11.6. The standard InChI is InChI=1S/C18H15NO5/c1-23-11-6-7-16(20)13(8-11)18(22)24-10-17(21)14-9-19-15-5-3-2-4-12(14)15/h2-9,19-20H,10H2,1H3. The molecule has 24 heavy (non-hydrogen) atoms. The summed E-state index contributed by atoms with van der Waals surface area (Å²) in [5, 5.41) is 10.5. The lowest BCUT2D eigenvalue weighted by atomic mass is 10.1. The van der Waals surface area contributed by atoms with Crippen molar-refractivity contribution in [3.63, 3.8) is 0 Å². The van der Waals surface area contributed by atoms with E-state index in [0.29, 0.717) is 11.3 Å². The van der Waals surface area contributed by atoms with E-state index in [-0.39, 0.29) is 17.1 Å². The summed E-state index contributed by atoms with van der Waals surface area (Å²) < 4.78 is 10.0. The zero-order valence-electron chi connectivity index (χ0n) is 12.9. The van der Waals surface area contributed by atoms with Gasteiger partial charge in [0.15, 0.2) is 6.61 Å². The third-order valence-corrected chi connectivity index (χ3v) is 3.65. The number of aromatic amines is 1. The van der Waals surface area contributed by atoms with Crippen molar-refractivity contribution in [3.05, 3.63) is 59.8 Å². The number of ketones is 1. The Hall–Kier alpha value is -3.28. The van der Waals surface area contributed by atoms with Crippen molar-refractivity contribution in [2.24, 2.45) is 0 Å². The first kappa shape index (κ1) is 15.6. The maximum absolute atomic E-state index is 12.3. The maximum atomic E-state index is 12.3. The van der Waals surface area contributed by atoms with Crippen molar-refractivity contribution < 1.29 is 24.2 Å². The largest absolute Gasteiger partial charge is 0.507 e. The highest BCUT2D eigenvalue weighted by molar-refractivity contribution is 6.09. The number of fused-ring (bicyclic) bond motifs is 1. The van der Waals surface area contributed by atoms with Crippen LogP contribution in [0.15, 0.2) is 48.7 Å².